The minimum atomic E-state index is -0.327. The van der Waals surface area contributed by atoms with Gasteiger partial charge in [0.05, 0.1) is 5.69 Å². The molecule has 0 bridgehead atoms. The smallest absolute Gasteiger partial charge is 0.333 e. The van der Waals surface area contributed by atoms with Gasteiger partial charge in [-0.25, -0.2) is 0 Å². The molecular weight excluding hydrogens is 1020 g/mol. The van der Waals surface area contributed by atoms with Crippen LogP contribution < -0.4 is 25.5 Å². The number of hydrogen-bond acceptors (Lipinski definition) is 4. The quantitative estimate of drug-likeness (QED) is 0.127. The molecule has 14 aromatic rings. The van der Waals surface area contributed by atoms with E-state index in [9.17, 15) is 0 Å². The highest BCUT2D eigenvalue weighted by molar-refractivity contribution is 6.94. The first kappa shape index (κ1) is 49.0. The van der Waals surface area contributed by atoms with Crippen molar-refractivity contribution in [3.8, 4) is 66.8 Å². The molecule has 0 amide bonds. The lowest BCUT2D eigenvalue weighted by atomic mass is 9.43. The van der Waals surface area contributed by atoms with Gasteiger partial charge in [0.25, 0.3) is 0 Å². The molecule has 2 aliphatic heterocycles. The van der Waals surface area contributed by atoms with Crippen LogP contribution in [-0.4, -0.2) is 6.85 Å². The highest BCUT2D eigenvalue weighted by Gasteiger charge is 2.47. The van der Waals surface area contributed by atoms with Crippen LogP contribution in [0.4, 0.5) is 45.5 Å². The number of hydrogen-bond donors (Lipinski definition) is 0. The van der Waals surface area contributed by atoms with Crippen molar-refractivity contribution in [1.82, 2.24) is 0 Å². The summed E-state index contributed by atoms with van der Waals surface area (Å²) in [7, 11) is 0. The number of anilines is 8. The van der Waals surface area contributed by atoms with Crippen LogP contribution in [-0.2, 0) is 0 Å². The molecule has 0 N–H and O–H groups in total. The predicted octanol–water partition coefficient (Wildman–Crippen LogP) is 20.4. The highest BCUT2D eigenvalue weighted by atomic mass is 16.3. The fourth-order valence-electron chi connectivity index (χ4n) is 13.2. The molecule has 4 nitrogen and oxygen atoms in total. The molecule has 0 radical (unpaired) electrons. The van der Waals surface area contributed by atoms with Gasteiger partial charge in [0.15, 0.2) is 5.58 Å². The molecule has 84 heavy (non-hydrogen) atoms. The van der Waals surface area contributed by atoms with Crippen LogP contribution in [0, 0.1) is 6.92 Å². The van der Waals surface area contributed by atoms with E-state index in [2.05, 4.69) is 331 Å². The number of benzene rings is 13. The Labute approximate surface area is 490 Å². The number of rotatable bonds is 10. The van der Waals surface area contributed by atoms with Gasteiger partial charge in [-0.05, 0) is 176 Å². The summed E-state index contributed by atoms with van der Waals surface area (Å²) < 4.78 is 7.31. The Morgan fingerprint density at radius 2 is 0.786 bits per heavy atom. The number of para-hydroxylation sites is 1. The van der Waals surface area contributed by atoms with E-state index in [1.165, 1.54) is 55.5 Å². The second-order valence-corrected chi connectivity index (χ2v) is 22.1. The van der Waals surface area contributed by atoms with E-state index in [0.29, 0.717) is 0 Å². The number of fused-ring (bicyclic) bond motifs is 8. The van der Waals surface area contributed by atoms with Crippen molar-refractivity contribution in [3.05, 3.63) is 315 Å². The summed E-state index contributed by atoms with van der Waals surface area (Å²) in [6.45, 7) is 1.93. The largest absolute Gasteiger partial charge is 0.454 e. The van der Waals surface area contributed by atoms with Crippen molar-refractivity contribution in [2.45, 2.75) is 6.92 Å². The molecule has 0 saturated carbocycles. The summed E-state index contributed by atoms with van der Waals surface area (Å²) in [6.07, 6.45) is 0. The van der Waals surface area contributed by atoms with Crippen LogP contribution in [0.5, 0.6) is 0 Å². The third-order valence-electron chi connectivity index (χ3n) is 17.1. The molecule has 13 aromatic carbocycles. The fourth-order valence-corrected chi connectivity index (χ4v) is 13.2. The van der Waals surface area contributed by atoms with E-state index in [-0.39, 0.29) is 6.85 Å². The normalized spacial score (nSPS) is 12.3. The van der Waals surface area contributed by atoms with Gasteiger partial charge in [-0.3, -0.25) is 0 Å². The maximum atomic E-state index is 7.31. The molecule has 394 valence electrons. The van der Waals surface area contributed by atoms with Gasteiger partial charge in [-0.2, -0.15) is 0 Å². The van der Waals surface area contributed by atoms with Crippen molar-refractivity contribution in [1.29, 1.82) is 0 Å². The Kier molecular flexibility index (Phi) is 11.8. The third-order valence-corrected chi connectivity index (χ3v) is 17.1. The van der Waals surface area contributed by atoms with Crippen LogP contribution in [0.25, 0.3) is 88.7 Å². The molecule has 0 unspecified atom stereocenters. The molecular formula is C79H54BN3O. The highest BCUT2D eigenvalue weighted by Crippen LogP contribution is 2.53. The first-order chi connectivity index (χ1) is 41.6. The van der Waals surface area contributed by atoms with Gasteiger partial charge >= 0.3 is 6.85 Å². The van der Waals surface area contributed by atoms with Gasteiger partial charge in [0.2, 0.25) is 0 Å². The van der Waals surface area contributed by atoms with Crippen LogP contribution in [0.2, 0.25) is 0 Å². The number of nitrogens with zero attached hydrogens (tertiary/aromatic N) is 3. The number of aryl methyl sites for hydroxylation is 1. The average molecular weight is 1070 g/mol. The Bertz CT molecular complexity index is 4690. The van der Waals surface area contributed by atoms with Crippen LogP contribution in [0.1, 0.15) is 5.56 Å². The summed E-state index contributed by atoms with van der Waals surface area (Å²) in [4.78, 5) is 7.58. The van der Waals surface area contributed by atoms with Crippen molar-refractivity contribution >= 4 is 85.2 Å². The maximum Gasteiger partial charge on any atom is 0.333 e. The zero-order chi connectivity index (χ0) is 55.7. The Hall–Kier alpha value is -10.9. The number of furan rings is 1. The molecule has 0 saturated heterocycles. The Morgan fingerprint density at radius 1 is 0.333 bits per heavy atom. The molecule has 2 aliphatic rings. The van der Waals surface area contributed by atoms with E-state index >= 15 is 0 Å². The van der Waals surface area contributed by atoms with Crippen LogP contribution >= 0.6 is 0 Å². The van der Waals surface area contributed by atoms with Crippen molar-refractivity contribution in [3.63, 3.8) is 0 Å². The first-order valence-corrected chi connectivity index (χ1v) is 28.9. The van der Waals surface area contributed by atoms with E-state index in [1.54, 1.807) is 0 Å². The molecule has 1 aromatic heterocycles. The SMILES string of the molecule is Cc1cc(-c2ccccc2)ccc1N1c2ccc(N(c3ccc(-c4ccccc4)cc3)c3ccc(-c4ccccc4)cc3)cc2B2c3c(cc4c(oc5ccccc54)c31)-c1cc(-c3ccccc3)ccc1N2c1cccc(-c2ccccc2)c1. The average Bonchev–Trinajstić information content (AvgIpc) is 1.24. The van der Waals surface area contributed by atoms with Gasteiger partial charge in [-0.15, -0.1) is 0 Å². The van der Waals surface area contributed by atoms with E-state index in [0.717, 1.165) is 95.2 Å². The van der Waals surface area contributed by atoms with E-state index < -0.39 is 0 Å². The summed E-state index contributed by atoms with van der Waals surface area (Å²) in [6, 6.07) is 113. The summed E-state index contributed by atoms with van der Waals surface area (Å²) in [5.41, 5.74) is 27.9. The molecule has 3 heterocycles. The minimum absolute atomic E-state index is 0.327. The van der Waals surface area contributed by atoms with Crippen molar-refractivity contribution in [2.24, 2.45) is 0 Å². The molecule has 0 aliphatic carbocycles. The molecule has 5 heteroatoms. The van der Waals surface area contributed by atoms with Gasteiger partial charge < -0.3 is 19.0 Å². The first-order valence-electron chi connectivity index (χ1n) is 28.9. The summed E-state index contributed by atoms with van der Waals surface area (Å²) >= 11 is 0. The van der Waals surface area contributed by atoms with Crippen LogP contribution in [0.3, 0.4) is 0 Å². The zero-order valence-electron chi connectivity index (χ0n) is 46.3. The molecule has 0 atom stereocenters. The van der Waals surface area contributed by atoms with Crippen molar-refractivity contribution in [2.75, 3.05) is 14.6 Å². The second kappa shape index (κ2) is 20.3. The molecule has 0 fully saturated rings. The van der Waals surface area contributed by atoms with Crippen molar-refractivity contribution < 1.29 is 4.42 Å². The molecule has 16 rings (SSSR count). The standard InChI is InChI=1S/C79H54BN3O/c1-53-48-62(57-26-13-5-14-27-57)38-45-73(53)82-75-47-44-66(81(64-40-34-59(35-41-64)54-20-7-2-8-21-54)65-42-36-60(37-43-65)55-22-9-3-10-23-55)51-72(75)80-77-70(52-71-68-32-17-18-33-76(68)84-79(71)78(77)82)69-50-63(58-28-15-6-16-29-58)39-46-74(69)83(80)67-31-19-30-61(49-67)56-24-11-4-12-25-56/h2-52H,1H3. The second-order valence-electron chi connectivity index (χ2n) is 22.1. The maximum absolute atomic E-state index is 7.31. The molecule has 0 spiro atoms. The van der Waals surface area contributed by atoms with E-state index in [1.807, 2.05) is 0 Å². The predicted molar refractivity (Wildman–Crippen MR) is 354 cm³/mol. The lowest BCUT2D eigenvalue weighted by molar-refractivity contribution is 0.669. The van der Waals surface area contributed by atoms with Gasteiger partial charge in [0.1, 0.15) is 5.58 Å². The zero-order valence-corrected chi connectivity index (χ0v) is 46.3. The third kappa shape index (κ3) is 8.31. The summed E-state index contributed by atoms with van der Waals surface area (Å²) in [5, 5.41) is 2.17. The topological polar surface area (TPSA) is 22.9 Å². The Balaban J connectivity index is 0.995. The minimum Gasteiger partial charge on any atom is -0.454 e. The lowest BCUT2D eigenvalue weighted by Crippen LogP contribution is -2.61. The fraction of sp³-hybridized carbons (Fsp3) is 0.0127. The Morgan fingerprint density at radius 3 is 1.36 bits per heavy atom. The van der Waals surface area contributed by atoms with Gasteiger partial charge in [-0.1, -0.05) is 218 Å². The van der Waals surface area contributed by atoms with E-state index in [4.69, 9.17) is 4.42 Å². The summed E-state index contributed by atoms with van der Waals surface area (Å²) in [5.74, 6) is 0. The lowest BCUT2D eigenvalue weighted by Gasteiger charge is -2.46. The van der Waals surface area contributed by atoms with Crippen LogP contribution in [0.15, 0.2) is 314 Å². The van der Waals surface area contributed by atoms with Gasteiger partial charge in [0, 0.05) is 56.1 Å². The monoisotopic (exact) mass is 1070 g/mol.